The van der Waals surface area contributed by atoms with E-state index in [0.29, 0.717) is 10.0 Å². The van der Waals surface area contributed by atoms with Crippen LogP contribution in [-0.4, -0.2) is 4.98 Å². The molecule has 1 rings (SSSR count). The van der Waals surface area contributed by atoms with Crippen LogP contribution in [0.25, 0.3) is 0 Å². The van der Waals surface area contributed by atoms with Crippen LogP contribution < -0.4 is 5.73 Å². The van der Waals surface area contributed by atoms with Gasteiger partial charge in [0, 0.05) is 24.0 Å². The van der Waals surface area contributed by atoms with Crippen LogP contribution in [0.15, 0.2) is 12.4 Å². The predicted octanol–water partition coefficient (Wildman–Crippen LogP) is 3.22. The van der Waals surface area contributed by atoms with E-state index in [0.717, 1.165) is 12.0 Å². The van der Waals surface area contributed by atoms with Crippen LogP contribution in [0.4, 0.5) is 0 Å². The van der Waals surface area contributed by atoms with Gasteiger partial charge in [-0.3, -0.25) is 4.98 Å². The molecule has 0 spiro atoms. The fourth-order valence-electron chi connectivity index (χ4n) is 0.980. The number of halogens is 3. The summed E-state index contributed by atoms with van der Waals surface area (Å²) in [5.74, 6) is 0. The van der Waals surface area contributed by atoms with Gasteiger partial charge in [0.25, 0.3) is 0 Å². The van der Waals surface area contributed by atoms with Crippen molar-refractivity contribution < 1.29 is 0 Å². The van der Waals surface area contributed by atoms with Gasteiger partial charge in [-0.1, -0.05) is 30.1 Å². The smallest absolute Gasteiger partial charge is 0.0651 e. The Kier molecular flexibility index (Phi) is 5.65. The Morgan fingerprint density at radius 2 is 1.85 bits per heavy atom. The zero-order chi connectivity index (χ0) is 9.14. The van der Waals surface area contributed by atoms with Gasteiger partial charge >= 0.3 is 0 Å². The highest BCUT2D eigenvalue weighted by atomic mass is 35.5. The summed E-state index contributed by atoms with van der Waals surface area (Å²) >= 11 is 11.8. The molecule has 0 saturated carbocycles. The van der Waals surface area contributed by atoms with Crippen LogP contribution in [0, 0.1) is 0 Å². The third-order valence-corrected chi connectivity index (χ3v) is 2.30. The molecule has 13 heavy (non-hydrogen) atoms. The Balaban J connectivity index is 0.00000144. The van der Waals surface area contributed by atoms with Crippen molar-refractivity contribution >= 4 is 35.6 Å². The van der Waals surface area contributed by atoms with Gasteiger partial charge in [-0.25, -0.2) is 0 Å². The second kappa shape index (κ2) is 5.66. The molecule has 0 radical (unpaired) electrons. The van der Waals surface area contributed by atoms with Gasteiger partial charge in [-0.05, 0) is 6.42 Å². The minimum absolute atomic E-state index is 0. The van der Waals surface area contributed by atoms with Crippen LogP contribution >= 0.6 is 35.6 Å². The summed E-state index contributed by atoms with van der Waals surface area (Å²) in [5.41, 5.74) is 6.59. The first kappa shape index (κ1) is 13.0. The van der Waals surface area contributed by atoms with Crippen LogP contribution in [0.3, 0.4) is 0 Å². The van der Waals surface area contributed by atoms with Crippen molar-refractivity contribution in [1.29, 1.82) is 0 Å². The van der Waals surface area contributed by atoms with Crippen molar-refractivity contribution in [2.45, 2.75) is 19.4 Å². The Labute approximate surface area is 93.8 Å². The molecule has 74 valence electrons. The molecule has 1 atom stereocenters. The molecule has 1 aromatic rings. The van der Waals surface area contributed by atoms with Crippen molar-refractivity contribution in [1.82, 2.24) is 4.98 Å². The molecule has 0 saturated heterocycles. The van der Waals surface area contributed by atoms with E-state index in [1.807, 2.05) is 6.92 Å². The normalized spacial score (nSPS) is 12.0. The van der Waals surface area contributed by atoms with Crippen molar-refractivity contribution in [2.24, 2.45) is 5.73 Å². The number of rotatable bonds is 2. The Bertz CT molecular complexity index is 258. The van der Waals surface area contributed by atoms with E-state index in [9.17, 15) is 0 Å². The molecule has 1 aromatic heterocycles. The van der Waals surface area contributed by atoms with Gasteiger partial charge in [-0.15, -0.1) is 12.4 Å². The van der Waals surface area contributed by atoms with E-state index in [4.69, 9.17) is 28.9 Å². The highest BCUT2D eigenvalue weighted by Gasteiger charge is 2.12. The zero-order valence-electron chi connectivity index (χ0n) is 7.13. The van der Waals surface area contributed by atoms with E-state index in [1.165, 1.54) is 0 Å². The van der Waals surface area contributed by atoms with Crippen molar-refractivity contribution in [3.05, 3.63) is 28.0 Å². The first-order chi connectivity index (χ1) is 5.66. The van der Waals surface area contributed by atoms with Crippen molar-refractivity contribution in [3.8, 4) is 0 Å². The maximum absolute atomic E-state index is 5.88. The molecule has 0 fully saturated rings. The second-order valence-corrected chi connectivity index (χ2v) is 3.35. The lowest BCUT2D eigenvalue weighted by Gasteiger charge is -2.11. The van der Waals surface area contributed by atoms with Crippen LogP contribution in [0.5, 0.6) is 0 Å². The monoisotopic (exact) mass is 240 g/mol. The highest BCUT2D eigenvalue weighted by molar-refractivity contribution is 6.35. The molecule has 0 aliphatic carbocycles. The fraction of sp³-hybridized carbons (Fsp3) is 0.375. The van der Waals surface area contributed by atoms with E-state index in [1.54, 1.807) is 12.4 Å². The minimum Gasteiger partial charge on any atom is -0.324 e. The first-order valence-corrected chi connectivity index (χ1v) is 4.47. The summed E-state index contributed by atoms with van der Waals surface area (Å²) < 4.78 is 0. The standard InChI is InChI=1S/C8H10Cl2N2.ClH/c1-2-7(11)8-5(9)3-12-4-6(8)10;/h3-4,7H,2,11H2,1H3;1H/t7-;/m0./s1. The molecule has 0 unspecified atom stereocenters. The lowest BCUT2D eigenvalue weighted by molar-refractivity contribution is 0.698. The summed E-state index contributed by atoms with van der Waals surface area (Å²) in [6, 6.07) is -0.104. The van der Waals surface area contributed by atoms with Crippen molar-refractivity contribution in [2.75, 3.05) is 0 Å². The van der Waals surface area contributed by atoms with E-state index >= 15 is 0 Å². The minimum atomic E-state index is -0.104. The van der Waals surface area contributed by atoms with Gasteiger partial charge in [0.2, 0.25) is 0 Å². The van der Waals surface area contributed by atoms with Crippen LogP contribution in [0.2, 0.25) is 10.0 Å². The Hall–Kier alpha value is -0.0200. The number of pyridine rings is 1. The second-order valence-electron chi connectivity index (χ2n) is 2.53. The van der Waals surface area contributed by atoms with Gasteiger partial charge in [0.15, 0.2) is 0 Å². The van der Waals surface area contributed by atoms with Crippen LogP contribution in [0.1, 0.15) is 24.9 Å². The predicted molar refractivity (Wildman–Crippen MR) is 58.7 cm³/mol. The fourth-order valence-corrected chi connectivity index (χ4v) is 1.62. The third kappa shape index (κ3) is 2.99. The Morgan fingerprint density at radius 1 is 1.38 bits per heavy atom. The first-order valence-electron chi connectivity index (χ1n) is 3.71. The Morgan fingerprint density at radius 3 is 2.23 bits per heavy atom. The lowest BCUT2D eigenvalue weighted by atomic mass is 10.1. The SMILES string of the molecule is CC[C@H](N)c1c(Cl)cncc1Cl.Cl. The summed E-state index contributed by atoms with van der Waals surface area (Å²) in [5, 5.41) is 1.08. The largest absolute Gasteiger partial charge is 0.324 e. The number of hydrogen-bond donors (Lipinski definition) is 1. The molecule has 0 bridgehead atoms. The molecule has 1 heterocycles. The van der Waals surface area contributed by atoms with Gasteiger partial charge in [0.05, 0.1) is 10.0 Å². The van der Waals surface area contributed by atoms with Gasteiger partial charge < -0.3 is 5.73 Å². The maximum Gasteiger partial charge on any atom is 0.0651 e. The van der Waals surface area contributed by atoms with Crippen LogP contribution in [-0.2, 0) is 0 Å². The average Bonchev–Trinajstić information content (AvgIpc) is 2.03. The third-order valence-electron chi connectivity index (χ3n) is 1.70. The van der Waals surface area contributed by atoms with E-state index < -0.39 is 0 Å². The molecule has 0 aromatic carbocycles. The number of nitrogens with two attached hydrogens (primary N) is 1. The summed E-state index contributed by atoms with van der Waals surface area (Å²) in [4.78, 5) is 3.84. The summed E-state index contributed by atoms with van der Waals surface area (Å²) in [6.45, 7) is 1.98. The maximum atomic E-state index is 5.88. The van der Waals surface area contributed by atoms with E-state index in [2.05, 4.69) is 4.98 Å². The number of nitrogens with zero attached hydrogens (tertiary/aromatic N) is 1. The number of aromatic nitrogens is 1. The topological polar surface area (TPSA) is 38.9 Å². The molecule has 0 amide bonds. The zero-order valence-corrected chi connectivity index (χ0v) is 9.46. The van der Waals surface area contributed by atoms with Crippen molar-refractivity contribution in [3.63, 3.8) is 0 Å². The molecule has 2 N–H and O–H groups in total. The average molecular weight is 242 g/mol. The molecule has 0 aliphatic heterocycles. The molecular formula is C8H11Cl3N2. The summed E-state index contributed by atoms with van der Waals surface area (Å²) in [7, 11) is 0. The van der Waals surface area contributed by atoms with Gasteiger partial charge in [-0.2, -0.15) is 0 Å². The molecule has 2 nitrogen and oxygen atoms in total. The molecular weight excluding hydrogens is 230 g/mol. The highest BCUT2D eigenvalue weighted by Crippen LogP contribution is 2.29. The number of hydrogen-bond acceptors (Lipinski definition) is 2. The quantitative estimate of drug-likeness (QED) is 0.863. The molecule has 5 heteroatoms. The van der Waals surface area contributed by atoms with E-state index in [-0.39, 0.29) is 18.4 Å². The summed E-state index contributed by atoms with van der Waals surface area (Å²) in [6.07, 6.45) is 3.92. The van der Waals surface area contributed by atoms with Gasteiger partial charge in [0.1, 0.15) is 0 Å². The lowest BCUT2D eigenvalue weighted by Crippen LogP contribution is -2.10. The molecule has 0 aliphatic rings.